The van der Waals surface area contributed by atoms with Gasteiger partial charge in [-0.05, 0) is 29.7 Å². The average Bonchev–Trinajstić information content (AvgIpc) is 3.01. The van der Waals surface area contributed by atoms with Gasteiger partial charge in [0.1, 0.15) is 5.75 Å². The summed E-state index contributed by atoms with van der Waals surface area (Å²) < 4.78 is 11.7. The van der Waals surface area contributed by atoms with Gasteiger partial charge in [-0.2, -0.15) is 5.26 Å². The van der Waals surface area contributed by atoms with Gasteiger partial charge in [0, 0.05) is 39.5 Å². The highest BCUT2D eigenvalue weighted by atomic mass is 35.5. The molecule has 2 unspecified atom stereocenters. The highest BCUT2D eigenvalue weighted by Gasteiger charge is 2.21. The number of nitrogens with one attached hydrogen (secondary N) is 1. The summed E-state index contributed by atoms with van der Waals surface area (Å²) in [7, 11) is 0. The zero-order valence-electron chi connectivity index (χ0n) is 14.3. The summed E-state index contributed by atoms with van der Waals surface area (Å²) in [5, 5.41) is 11.3. The molecule has 2 aromatic carbocycles. The van der Waals surface area contributed by atoms with E-state index in [1.165, 1.54) is 0 Å². The van der Waals surface area contributed by atoms with Crippen LogP contribution in [0.2, 0.25) is 10.0 Å². The van der Waals surface area contributed by atoms with Crippen LogP contribution in [-0.2, 0) is 16.9 Å². The molecule has 6 heteroatoms. The number of H-pyrrole nitrogens is 1. The Hall–Kier alpha value is -1.64. The Bertz CT molecular complexity index is 962. The Morgan fingerprint density at radius 2 is 2.04 bits per heavy atom. The minimum Gasteiger partial charge on any atom is -0.616 e. The van der Waals surface area contributed by atoms with Crippen molar-refractivity contribution in [3.63, 3.8) is 0 Å². The van der Waals surface area contributed by atoms with E-state index in [4.69, 9.17) is 28.5 Å². The lowest BCUT2D eigenvalue weighted by Gasteiger charge is -2.18. The Balaban J connectivity index is 2.11. The third-order valence-corrected chi connectivity index (χ3v) is 5.73. The van der Waals surface area contributed by atoms with Gasteiger partial charge in [-0.15, -0.1) is 0 Å². The number of nitrogens with zero attached hydrogens (tertiary/aromatic N) is 1. The largest absolute Gasteiger partial charge is 0.616 e. The first-order chi connectivity index (χ1) is 12.5. The molecule has 0 fully saturated rings. The second-order valence-electron chi connectivity index (χ2n) is 6.22. The number of para-hydroxylation sites is 1. The summed E-state index contributed by atoms with van der Waals surface area (Å²) in [5.41, 5.74) is 4.06. The van der Waals surface area contributed by atoms with Gasteiger partial charge in [-0.3, -0.25) is 0 Å². The van der Waals surface area contributed by atoms with Crippen molar-refractivity contribution in [3.05, 3.63) is 69.3 Å². The molecule has 3 aromatic rings. The lowest BCUT2D eigenvalue weighted by molar-refractivity contribution is 0.600. The highest BCUT2D eigenvalue weighted by Crippen LogP contribution is 2.39. The quantitative estimate of drug-likeness (QED) is 0.528. The predicted molar refractivity (Wildman–Crippen MR) is 109 cm³/mol. The van der Waals surface area contributed by atoms with Crippen LogP contribution in [-0.4, -0.2) is 15.8 Å². The molecule has 0 radical (unpaired) electrons. The molecule has 134 valence electrons. The van der Waals surface area contributed by atoms with E-state index in [0.717, 1.165) is 27.6 Å². The number of aromatic amines is 1. The molecule has 0 amide bonds. The first kappa shape index (κ1) is 19.1. The van der Waals surface area contributed by atoms with Crippen LogP contribution in [0.5, 0.6) is 0 Å². The van der Waals surface area contributed by atoms with Crippen LogP contribution in [0, 0.1) is 11.3 Å². The Labute approximate surface area is 166 Å². The van der Waals surface area contributed by atoms with E-state index in [1.54, 1.807) is 12.3 Å². The van der Waals surface area contributed by atoms with Crippen molar-refractivity contribution in [2.24, 2.45) is 0 Å². The molecule has 0 spiro atoms. The molecule has 2 atom stereocenters. The topological polar surface area (TPSA) is 62.6 Å². The van der Waals surface area contributed by atoms with Gasteiger partial charge in [-0.1, -0.05) is 58.6 Å². The molecular weight excluding hydrogens is 387 g/mol. The van der Waals surface area contributed by atoms with Gasteiger partial charge in [0.15, 0.2) is 0 Å². The summed E-state index contributed by atoms with van der Waals surface area (Å²) in [4.78, 5) is 3.33. The van der Waals surface area contributed by atoms with Crippen LogP contribution < -0.4 is 0 Å². The Kier molecular flexibility index (Phi) is 6.16. The number of hydrogen-bond donors (Lipinski definition) is 1. The third kappa shape index (κ3) is 4.02. The molecule has 0 aliphatic carbocycles. The maximum atomic E-state index is 11.7. The third-order valence-electron chi connectivity index (χ3n) is 4.45. The van der Waals surface area contributed by atoms with E-state index in [9.17, 15) is 4.55 Å². The monoisotopic (exact) mass is 404 g/mol. The van der Waals surface area contributed by atoms with Crippen LogP contribution in [0.15, 0.2) is 42.6 Å². The number of aromatic nitrogens is 1. The minimum atomic E-state index is -0.920. The molecule has 1 aromatic heterocycles. The van der Waals surface area contributed by atoms with Gasteiger partial charge in [0.25, 0.3) is 0 Å². The maximum absolute atomic E-state index is 11.7. The van der Waals surface area contributed by atoms with Gasteiger partial charge >= 0.3 is 0 Å². The molecule has 0 saturated heterocycles. The number of fused-ring (bicyclic) bond motifs is 1. The van der Waals surface area contributed by atoms with Gasteiger partial charge in [-0.25, -0.2) is 0 Å². The zero-order chi connectivity index (χ0) is 18.7. The van der Waals surface area contributed by atoms with Gasteiger partial charge < -0.3 is 9.54 Å². The van der Waals surface area contributed by atoms with Crippen molar-refractivity contribution in [3.8, 4) is 6.07 Å². The molecule has 26 heavy (non-hydrogen) atoms. The summed E-state index contributed by atoms with van der Waals surface area (Å²) in [6.07, 6.45) is 4.76. The van der Waals surface area contributed by atoms with Crippen LogP contribution >= 0.6 is 23.2 Å². The van der Waals surface area contributed by atoms with Crippen molar-refractivity contribution >= 4 is 45.3 Å². The summed E-state index contributed by atoms with van der Waals surface area (Å²) in [6, 6.07) is 13.7. The summed E-state index contributed by atoms with van der Waals surface area (Å²) >= 11 is 11.6. The van der Waals surface area contributed by atoms with Gasteiger partial charge in [0.05, 0.1) is 17.8 Å². The van der Waals surface area contributed by atoms with Crippen molar-refractivity contribution in [1.82, 2.24) is 4.98 Å². The first-order valence-corrected chi connectivity index (χ1v) is 10.7. The zero-order valence-corrected chi connectivity index (χ0v) is 16.6. The van der Waals surface area contributed by atoms with E-state index in [-0.39, 0.29) is 5.92 Å². The number of rotatable bonds is 6. The molecule has 0 aliphatic rings. The number of halogens is 2. The first-order valence-electron chi connectivity index (χ1n) is 8.22. The van der Waals surface area contributed by atoms with E-state index < -0.39 is 11.2 Å². The van der Waals surface area contributed by atoms with E-state index in [1.807, 2.05) is 36.5 Å². The van der Waals surface area contributed by atoms with Crippen LogP contribution in [0.1, 0.15) is 35.4 Å². The molecule has 0 bridgehead atoms. The number of nitriles is 1. The molecule has 1 N–H and O–H groups in total. The molecule has 0 saturated carbocycles. The predicted octanol–water partition coefficient (Wildman–Crippen LogP) is 5.79. The van der Waals surface area contributed by atoms with Crippen LogP contribution in [0.25, 0.3) is 10.9 Å². The molecular formula is C20H18Cl2N2OS. The van der Waals surface area contributed by atoms with E-state index in [0.29, 0.717) is 28.6 Å². The minimum absolute atomic E-state index is 0.0180. The maximum Gasteiger partial charge on any atom is 0.132 e. The normalized spacial score (nSPS) is 13.5. The van der Waals surface area contributed by atoms with E-state index >= 15 is 0 Å². The van der Waals surface area contributed by atoms with Gasteiger partial charge in [0.2, 0.25) is 0 Å². The van der Waals surface area contributed by atoms with Crippen molar-refractivity contribution in [2.45, 2.75) is 24.5 Å². The summed E-state index contributed by atoms with van der Waals surface area (Å²) in [6.45, 7) is 0. The standard InChI is InChI=1S/C20H18Cl2N2OS/c1-26(25)12-13-4-2-5-17-18(11-24-20(13)17)15(6-3-9-23)16-8-7-14(21)10-19(16)22/h2,4-5,7-8,10-11,15,24H,3,6,12H2,1H3. The fourth-order valence-corrected chi connectivity index (χ4v) is 4.56. The van der Waals surface area contributed by atoms with E-state index in [2.05, 4.69) is 11.1 Å². The molecule has 1 heterocycles. The Morgan fingerprint density at radius 3 is 2.73 bits per heavy atom. The van der Waals surface area contributed by atoms with Crippen molar-refractivity contribution in [1.29, 1.82) is 5.26 Å². The summed E-state index contributed by atoms with van der Waals surface area (Å²) in [5.74, 6) is 0.484. The van der Waals surface area contributed by atoms with Crippen LogP contribution in [0.4, 0.5) is 0 Å². The fraction of sp³-hybridized carbons (Fsp3) is 0.250. The second-order valence-corrected chi connectivity index (χ2v) is 8.50. The molecule has 3 rings (SSSR count). The lowest BCUT2D eigenvalue weighted by atomic mass is 9.87. The Morgan fingerprint density at radius 1 is 1.23 bits per heavy atom. The smallest absolute Gasteiger partial charge is 0.132 e. The number of hydrogen-bond acceptors (Lipinski definition) is 2. The van der Waals surface area contributed by atoms with Crippen molar-refractivity contribution < 1.29 is 4.55 Å². The van der Waals surface area contributed by atoms with Crippen molar-refractivity contribution in [2.75, 3.05) is 6.26 Å². The number of benzene rings is 2. The average molecular weight is 405 g/mol. The lowest BCUT2D eigenvalue weighted by Crippen LogP contribution is -2.03. The molecule has 0 aliphatic heterocycles. The fourth-order valence-electron chi connectivity index (χ4n) is 3.34. The SMILES string of the molecule is C[S+]([O-])Cc1cccc2c(C(CCC#N)c3ccc(Cl)cc3Cl)c[nH]c12. The highest BCUT2D eigenvalue weighted by molar-refractivity contribution is 7.89. The second kappa shape index (κ2) is 8.37. The van der Waals surface area contributed by atoms with Crippen LogP contribution in [0.3, 0.4) is 0 Å². The molecule has 3 nitrogen and oxygen atoms in total.